The zero-order valence-corrected chi connectivity index (χ0v) is 15.2. The van der Waals surface area contributed by atoms with E-state index in [1.54, 1.807) is 12.1 Å². The van der Waals surface area contributed by atoms with Crippen LogP contribution < -0.4 is 0 Å². The van der Waals surface area contributed by atoms with Gasteiger partial charge in [0, 0.05) is 23.6 Å². The summed E-state index contributed by atoms with van der Waals surface area (Å²) in [6, 6.07) is 16.5. The number of nitro benzene ring substituents is 1. The lowest BCUT2D eigenvalue weighted by Gasteiger charge is -2.42. The van der Waals surface area contributed by atoms with Crippen LogP contribution in [0.2, 0.25) is 0 Å². The maximum atomic E-state index is 13.3. The Hall–Kier alpha value is -2.73. The SMILES string of the molecule is C[C@@]1(c2ccccc2)OC[C@@H]2CC[C@@H](Cc3ccc([N+](=O)[O-])cc3)C(=O)N21. The molecule has 3 atom stereocenters. The van der Waals surface area contributed by atoms with Crippen molar-refractivity contribution in [1.82, 2.24) is 4.90 Å². The highest BCUT2D eigenvalue weighted by molar-refractivity contribution is 5.81. The number of nitro groups is 1. The van der Waals surface area contributed by atoms with Crippen molar-refractivity contribution in [2.24, 2.45) is 5.92 Å². The lowest BCUT2D eigenvalue weighted by atomic mass is 9.86. The lowest BCUT2D eigenvalue weighted by molar-refractivity contribution is -0.384. The van der Waals surface area contributed by atoms with Crippen LogP contribution >= 0.6 is 0 Å². The molecule has 2 heterocycles. The third-order valence-electron chi connectivity index (χ3n) is 5.76. The van der Waals surface area contributed by atoms with Crippen LogP contribution in [0.5, 0.6) is 0 Å². The van der Waals surface area contributed by atoms with Crippen molar-refractivity contribution in [2.45, 2.75) is 38.0 Å². The molecular formula is C21H22N2O4. The average molecular weight is 366 g/mol. The minimum absolute atomic E-state index is 0.0679. The van der Waals surface area contributed by atoms with Gasteiger partial charge in [0.1, 0.15) is 0 Å². The summed E-state index contributed by atoms with van der Waals surface area (Å²) in [7, 11) is 0. The lowest BCUT2D eigenvalue weighted by Crippen LogP contribution is -2.53. The maximum absolute atomic E-state index is 13.3. The second-order valence-corrected chi connectivity index (χ2v) is 7.42. The Labute approximate surface area is 157 Å². The summed E-state index contributed by atoms with van der Waals surface area (Å²) in [4.78, 5) is 25.6. The zero-order valence-electron chi connectivity index (χ0n) is 15.2. The van der Waals surface area contributed by atoms with Crippen LogP contribution in [0.3, 0.4) is 0 Å². The molecule has 27 heavy (non-hydrogen) atoms. The molecular weight excluding hydrogens is 344 g/mol. The first-order chi connectivity index (χ1) is 13.0. The predicted octanol–water partition coefficient (Wildman–Crippen LogP) is 3.65. The van der Waals surface area contributed by atoms with Crippen molar-refractivity contribution in [3.63, 3.8) is 0 Å². The Bertz CT molecular complexity index is 852. The van der Waals surface area contributed by atoms with Gasteiger partial charge in [0.25, 0.3) is 5.69 Å². The molecule has 0 unspecified atom stereocenters. The van der Waals surface area contributed by atoms with E-state index in [4.69, 9.17) is 4.74 Å². The van der Waals surface area contributed by atoms with Gasteiger partial charge < -0.3 is 9.64 Å². The van der Waals surface area contributed by atoms with E-state index in [0.717, 1.165) is 24.0 Å². The van der Waals surface area contributed by atoms with Crippen LogP contribution in [0.15, 0.2) is 54.6 Å². The van der Waals surface area contributed by atoms with Crippen LogP contribution in [0, 0.1) is 16.0 Å². The number of nitrogens with zero attached hydrogens (tertiary/aromatic N) is 2. The fourth-order valence-corrected chi connectivity index (χ4v) is 4.26. The summed E-state index contributed by atoms with van der Waals surface area (Å²) >= 11 is 0. The highest BCUT2D eigenvalue weighted by Crippen LogP contribution is 2.43. The summed E-state index contributed by atoms with van der Waals surface area (Å²) in [5.74, 6) is -0.0269. The third-order valence-corrected chi connectivity index (χ3v) is 5.76. The van der Waals surface area contributed by atoms with Gasteiger partial charge in [-0.15, -0.1) is 0 Å². The van der Waals surface area contributed by atoms with Crippen LogP contribution in [-0.2, 0) is 21.7 Å². The molecule has 2 saturated heterocycles. The summed E-state index contributed by atoms with van der Waals surface area (Å²) in [6.45, 7) is 2.52. The van der Waals surface area contributed by atoms with Crippen LogP contribution in [0.1, 0.15) is 30.9 Å². The molecule has 2 aromatic carbocycles. The summed E-state index contributed by atoms with van der Waals surface area (Å²) < 4.78 is 6.11. The van der Waals surface area contributed by atoms with Crippen LogP contribution in [0.4, 0.5) is 5.69 Å². The number of rotatable bonds is 4. The van der Waals surface area contributed by atoms with Gasteiger partial charge in [-0.05, 0) is 31.7 Å². The monoisotopic (exact) mass is 366 g/mol. The van der Waals surface area contributed by atoms with E-state index >= 15 is 0 Å². The second kappa shape index (κ2) is 6.78. The topological polar surface area (TPSA) is 72.7 Å². The van der Waals surface area contributed by atoms with Crippen molar-refractivity contribution in [3.05, 3.63) is 75.8 Å². The van der Waals surface area contributed by atoms with E-state index in [9.17, 15) is 14.9 Å². The fourth-order valence-electron chi connectivity index (χ4n) is 4.26. The smallest absolute Gasteiger partial charge is 0.269 e. The van der Waals surface area contributed by atoms with Gasteiger partial charge in [0.05, 0.1) is 17.6 Å². The van der Waals surface area contributed by atoms with E-state index in [1.165, 1.54) is 12.1 Å². The van der Waals surface area contributed by atoms with E-state index in [1.807, 2.05) is 42.2 Å². The molecule has 6 heteroatoms. The number of ether oxygens (including phenoxy) is 1. The molecule has 0 saturated carbocycles. The Kier molecular flexibility index (Phi) is 4.44. The first-order valence-electron chi connectivity index (χ1n) is 9.25. The highest BCUT2D eigenvalue weighted by Gasteiger charge is 2.51. The van der Waals surface area contributed by atoms with Gasteiger partial charge in [-0.2, -0.15) is 0 Å². The van der Waals surface area contributed by atoms with Crippen molar-refractivity contribution < 1.29 is 14.5 Å². The molecule has 0 bridgehead atoms. The number of fused-ring (bicyclic) bond motifs is 1. The average Bonchev–Trinajstić information content (AvgIpc) is 3.04. The number of benzene rings is 2. The number of hydrogen-bond donors (Lipinski definition) is 0. The zero-order chi connectivity index (χ0) is 19.0. The van der Waals surface area contributed by atoms with E-state index in [2.05, 4.69) is 0 Å². The number of hydrogen-bond acceptors (Lipinski definition) is 4. The largest absolute Gasteiger partial charge is 0.349 e. The third kappa shape index (κ3) is 3.10. The molecule has 2 aromatic rings. The van der Waals surface area contributed by atoms with Gasteiger partial charge in [0.15, 0.2) is 5.72 Å². The van der Waals surface area contributed by atoms with E-state index in [0.29, 0.717) is 13.0 Å². The van der Waals surface area contributed by atoms with Crippen molar-refractivity contribution >= 4 is 11.6 Å². The van der Waals surface area contributed by atoms with Gasteiger partial charge in [0.2, 0.25) is 5.91 Å². The fraction of sp³-hybridized carbons (Fsp3) is 0.381. The number of carbonyl (C=O) groups is 1. The van der Waals surface area contributed by atoms with Crippen molar-refractivity contribution in [2.75, 3.05) is 6.61 Å². The Morgan fingerprint density at radius 2 is 1.85 bits per heavy atom. The summed E-state index contributed by atoms with van der Waals surface area (Å²) in [5.41, 5.74) is 1.26. The summed E-state index contributed by atoms with van der Waals surface area (Å²) in [5, 5.41) is 10.8. The molecule has 140 valence electrons. The minimum Gasteiger partial charge on any atom is -0.349 e. The number of amides is 1. The van der Waals surface area contributed by atoms with Gasteiger partial charge >= 0.3 is 0 Å². The van der Waals surface area contributed by atoms with Gasteiger partial charge in [-0.25, -0.2) is 0 Å². The molecule has 0 aromatic heterocycles. The molecule has 0 spiro atoms. The molecule has 2 fully saturated rings. The minimum atomic E-state index is -0.739. The maximum Gasteiger partial charge on any atom is 0.269 e. The quantitative estimate of drug-likeness (QED) is 0.612. The Balaban J connectivity index is 1.56. The predicted molar refractivity (Wildman–Crippen MR) is 99.9 cm³/mol. The molecule has 2 aliphatic heterocycles. The number of piperidine rings is 1. The Morgan fingerprint density at radius 1 is 1.15 bits per heavy atom. The summed E-state index contributed by atoms with van der Waals surface area (Å²) in [6.07, 6.45) is 2.31. The van der Waals surface area contributed by atoms with Crippen molar-refractivity contribution in [1.29, 1.82) is 0 Å². The van der Waals surface area contributed by atoms with Crippen LogP contribution in [-0.4, -0.2) is 28.4 Å². The van der Waals surface area contributed by atoms with Gasteiger partial charge in [-0.3, -0.25) is 14.9 Å². The number of non-ortho nitro benzene ring substituents is 1. The van der Waals surface area contributed by atoms with E-state index < -0.39 is 10.6 Å². The molecule has 2 aliphatic rings. The van der Waals surface area contributed by atoms with Crippen LogP contribution in [0.25, 0.3) is 0 Å². The highest BCUT2D eigenvalue weighted by atomic mass is 16.6. The first kappa shape index (κ1) is 17.7. The normalized spacial score (nSPS) is 27.4. The Morgan fingerprint density at radius 3 is 2.52 bits per heavy atom. The van der Waals surface area contributed by atoms with Gasteiger partial charge in [-0.1, -0.05) is 42.5 Å². The molecule has 0 radical (unpaired) electrons. The molecule has 1 amide bonds. The molecule has 0 N–H and O–H groups in total. The standard InChI is InChI=1S/C21H22N2O4/c1-21(17-5-3-2-4-6-17)22-19(14-27-21)12-9-16(20(22)24)13-15-7-10-18(11-8-15)23(25)26/h2-8,10-11,16,19H,9,12-14H2,1H3/t16-,19-,21-/m0/s1. The first-order valence-corrected chi connectivity index (χ1v) is 9.25. The second-order valence-electron chi connectivity index (χ2n) is 7.42. The molecule has 6 nitrogen and oxygen atoms in total. The van der Waals surface area contributed by atoms with Crippen molar-refractivity contribution in [3.8, 4) is 0 Å². The number of carbonyl (C=O) groups excluding carboxylic acids is 1. The molecule has 0 aliphatic carbocycles. The molecule has 4 rings (SSSR count). The van der Waals surface area contributed by atoms with E-state index in [-0.39, 0.29) is 23.6 Å².